The van der Waals surface area contributed by atoms with Gasteiger partial charge < -0.3 is 15.3 Å². The van der Waals surface area contributed by atoms with Crippen molar-refractivity contribution in [3.8, 4) is 0 Å². The van der Waals surface area contributed by atoms with Crippen molar-refractivity contribution in [2.24, 2.45) is 5.92 Å². The van der Waals surface area contributed by atoms with Crippen LogP contribution in [0.3, 0.4) is 0 Å². The lowest BCUT2D eigenvalue weighted by Crippen LogP contribution is -2.36. The van der Waals surface area contributed by atoms with Crippen LogP contribution in [0.25, 0.3) is 0 Å². The Bertz CT molecular complexity index is 694. The molecule has 1 saturated heterocycles. The van der Waals surface area contributed by atoms with Gasteiger partial charge in [0.15, 0.2) is 0 Å². The number of nitrogens with one attached hydrogen (secondary N) is 1. The number of benzene rings is 2. The third-order valence-electron chi connectivity index (χ3n) is 4.80. The lowest BCUT2D eigenvalue weighted by molar-refractivity contribution is -0.119. The van der Waals surface area contributed by atoms with Gasteiger partial charge in [-0.25, -0.2) is 0 Å². The van der Waals surface area contributed by atoms with E-state index in [9.17, 15) is 9.90 Å². The number of rotatable bonds is 5. The summed E-state index contributed by atoms with van der Waals surface area (Å²) in [5.74, 6) is -0.0630. The molecule has 4 heteroatoms. The fourth-order valence-corrected chi connectivity index (χ4v) is 3.28. The number of para-hydroxylation sites is 2. The molecule has 0 spiro atoms. The van der Waals surface area contributed by atoms with E-state index in [1.807, 2.05) is 49.4 Å². The molecule has 132 valence electrons. The molecule has 1 aliphatic rings. The quantitative estimate of drug-likeness (QED) is 0.878. The van der Waals surface area contributed by atoms with E-state index in [1.54, 1.807) is 0 Å². The second kappa shape index (κ2) is 8.17. The van der Waals surface area contributed by atoms with Crippen LogP contribution in [0.4, 0.5) is 11.4 Å². The maximum absolute atomic E-state index is 12.6. The number of hydrogen-bond donors (Lipinski definition) is 2. The van der Waals surface area contributed by atoms with Crippen molar-refractivity contribution in [1.82, 2.24) is 0 Å². The molecule has 4 nitrogen and oxygen atoms in total. The van der Waals surface area contributed by atoms with Crippen molar-refractivity contribution in [2.45, 2.75) is 32.3 Å². The molecule has 1 aliphatic heterocycles. The number of anilines is 2. The van der Waals surface area contributed by atoms with Crippen molar-refractivity contribution >= 4 is 17.3 Å². The number of amides is 1. The van der Waals surface area contributed by atoms with Crippen LogP contribution in [0.5, 0.6) is 0 Å². The van der Waals surface area contributed by atoms with Gasteiger partial charge in [0.1, 0.15) is 0 Å². The molecular weight excluding hydrogens is 312 g/mol. The lowest BCUT2D eigenvalue weighted by Gasteiger charge is -2.33. The molecule has 0 aliphatic carbocycles. The van der Waals surface area contributed by atoms with E-state index in [0.29, 0.717) is 0 Å². The Morgan fingerprint density at radius 1 is 1.12 bits per heavy atom. The molecule has 1 unspecified atom stereocenters. The minimum Gasteiger partial charge on any atom is -0.393 e. The summed E-state index contributed by atoms with van der Waals surface area (Å²) < 4.78 is 0. The van der Waals surface area contributed by atoms with Crippen molar-refractivity contribution < 1.29 is 9.90 Å². The van der Waals surface area contributed by atoms with E-state index in [1.165, 1.54) is 5.56 Å². The van der Waals surface area contributed by atoms with Crippen molar-refractivity contribution in [3.05, 3.63) is 60.2 Å². The Kier molecular flexibility index (Phi) is 5.71. The molecule has 2 N–H and O–H groups in total. The van der Waals surface area contributed by atoms with E-state index in [-0.39, 0.29) is 17.9 Å². The highest BCUT2D eigenvalue weighted by Gasteiger charge is 2.21. The van der Waals surface area contributed by atoms with Gasteiger partial charge in [0.25, 0.3) is 0 Å². The average molecular weight is 338 g/mol. The zero-order chi connectivity index (χ0) is 17.6. The summed E-state index contributed by atoms with van der Waals surface area (Å²) in [6.45, 7) is 3.59. The van der Waals surface area contributed by atoms with Crippen molar-refractivity contribution in [1.29, 1.82) is 0 Å². The number of carbonyl (C=O) groups excluding carboxylic acids is 1. The van der Waals surface area contributed by atoms with Crippen LogP contribution < -0.4 is 10.2 Å². The number of piperidine rings is 1. The third-order valence-corrected chi connectivity index (χ3v) is 4.80. The number of aliphatic hydroxyl groups is 1. The van der Waals surface area contributed by atoms with Crippen LogP contribution in [0.15, 0.2) is 54.6 Å². The summed E-state index contributed by atoms with van der Waals surface area (Å²) in [6.07, 6.45) is 2.06. The predicted molar refractivity (Wildman–Crippen MR) is 102 cm³/mol. The maximum Gasteiger partial charge on any atom is 0.227 e. The van der Waals surface area contributed by atoms with Crippen LogP contribution >= 0.6 is 0 Å². The normalized spacial score (nSPS) is 16.5. The smallest absolute Gasteiger partial charge is 0.227 e. The van der Waals surface area contributed by atoms with Gasteiger partial charge in [-0.05, 0) is 37.0 Å². The van der Waals surface area contributed by atoms with Gasteiger partial charge in [0, 0.05) is 19.0 Å². The van der Waals surface area contributed by atoms with Gasteiger partial charge in [-0.15, -0.1) is 0 Å². The molecule has 1 heterocycles. The summed E-state index contributed by atoms with van der Waals surface area (Å²) in [7, 11) is 0. The molecule has 2 aromatic rings. The summed E-state index contributed by atoms with van der Waals surface area (Å²) in [6, 6.07) is 18.0. The van der Waals surface area contributed by atoms with Gasteiger partial charge in [-0.3, -0.25) is 4.79 Å². The van der Waals surface area contributed by atoms with Gasteiger partial charge in [-0.2, -0.15) is 0 Å². The highest BCUT2D eigenvalue weighted by molar-refractivity contribution is 5.95. The Morgan fingerprint density at radius 2 is 1.76 bits per heavy atom. The van der Waals surface area contributed by atoms with Gasteiger partial charge in [0.05, 0.1) is 17.5 Å². The Hall–Kier alpha value is -2.33. The van der Waals surface area contributed by atoms with Gasteiger partial charge >= 0.3 is 0 Å². The largest absolute Gasteiger partial charge is 0.393 e. The second-order valence-electron chi connectivity index (χ2n) is 6.82. The van der Waals surface area contributed by atoms with E-state index >= 15 is 0 Å². The number of aliphatic hydroxyl groups excluding tert-OH is 1. The molecule has 0 bridgehead atoms. The van der Waals surface area contributed by atoms with Crippen LogP contribution in [0.2, 0.25) is 0 Å². The first-order valence-electron chi connectivity index (χ1n) is 9.00. The maximum atomic E-state index is 12.6. The molecule has 0 aromatic heterocycles. The highest BCUT2D eigenvalue weighted by Crippen LogP contribution is 2.29. The lowest BCUT2D eigenvalue weighted by atomic mass is 10.00. The predicted octanol–water partition coefficient (Wildman–Crippen LogP) is 3.47. The van der Waals surface area contributed by atoms with Crippen LogP contribution in [-0.4, -0.2) is 30.2 Å². The molecule has 25 heavy (non-hydrogen) atoms. The minimum atomic E-state index is -0.205. The van der Waals surface area contributed by atoms with E-state index in [2.05, 4.69) is 22.3 Å². The average Bonchev–Trinajstić information content (AvgIpc) is 2.64. The molecule has 3 rings (SSSR count). The Balaban J connectivity index is 1.67. The summed E-state index contributed by atoms with van der Waals surface area (Å²) in [4.78, 5) is 14.9. The first-order chi connectivity index (χ1) is 12.1. The molecule has 1 fully saturated rings. The summed E-state index contributed by atoms with van der Waals surface area (Å²) >= 11 is 0. The topological polar surface area (TPSA) is 52.6 Å². The third kappa shape index (κ3) is 4.60. The van der Waals surface area contributed by atoms with Crippen LogP contribution in [0.1, 0.15) is 25.3 Å². The molecule has 1 amide bonds. The summed E-state index contributed by atoms with van der Waals surface area (Å²) in [5.41, 5.74) is 3.06. The Labute approximate surface area is 149 Å². The van der Waals surface area contributed by atoms with Gasteiger partial charge in [0.2, 0.25) is 5.91 Å². The molecule has 0 radical (unpaired) electrons. The second-order valence-corrected chi connectivity index (χ2v) is 6.82. The van der Waals surface area contributed by atoms with Crippen LogP contribution in [0, 0.1) is 5.92 Å². The fourth-order valence-electron chi connectivity index (χ4n) is 3.28. The van der Waals surface area contributed by atoms with Crippen molar-refractivity contribution in [3.63, 3.8) is 0 Å². The first-order valence-corrected chi connectivity index (χ1v) is 9.00. The van der Waals surface area contributed by atoms with E-state index < -0.39 is 0 Å². The number of nitrogens with zero attached hydrogens (tertiary/aromatic N) is 1. The first kappa shape index (κ1) is 17.5. The van der Waals surface area contributed by atoms with Crippen LogP contribution in [-0.2, 0) is 11.2 Å². The zero-order valence-electron chi connectivity index (χ0n) is 14.7. The monoisotopic (exact) mass is 338 g/mol. The fraction of sp³-hybridized carbons (Fsp3) is 0.381. The SMILES string of the molecule is CC(Cc1ccccc1)C(=O)Nc1ccccc1N1CCC(O)CC1. The molecule has 1 atom stereocenters. The molecular formula is C21H26N2O2. The van der Waals surface area contributed by atoms with E-state index in [0.717, 1.165) is 43.7 Å². The van der Waals surface area contributed by atoms with Gasteiger partial charge in [-0.1, -0.05) is 49.4 Å². The number of carbonyl (C=O) groups is 1. The summed E-state index contributed by atoms with van der Waals surface area (Å²) in [5, 5.41) is 12.8. The van der Waals surface area contributed by atoms with Crippen molar-refractivity contribution in [2.75, 3.05) is 23.3 Å². The molecule has 2 aromatic carbocycles. The highest BCUT2D eigenvalue weighted by atomic mass is 16.3. The molecule has 0 saturated carbocycles. The number of hydrogen-bond acceptors (Lipinski definition) is 3. The Morgan fingerprint density at radius 3 is 2.48 bits per heavy atom. The standard InChI is InChI=1S/C21H26N2O2/c1-16(15-17-7-3-2-4-8-17)21(25)22-19-9-5-6-10-20(19)23-13-11-18(24)12-14-23/h2-10,16,18,24H,11-15H2,1H3,(H,22,25). The zero-order valence-corrected chi connectivity index (χ0v) is 14.7. The van der Waals surface area contributed by atoms with E-state index in [4.69, 9.17) is 0 Å². The minimum absolute atomic E-state index is 0.0355.